The first kappa shape index (κ1) is 14.3. The summed E-state index contributed by atoms with van der Waals surface area (Å²) in [5.74, 6) is 0. The fraction of sp³-hybridized carbons (Fsp3) is 0.231. The number of rotatable bonds is 5. The molecule has 2 aromatic rings. The number of hydrogen-bond acceptors (Lipinski definition) is 5. The Hall–Kier alpha value is -2.15. The Kier molecular flexibility index (Phi) is 4.19. The highest BCUT2D eigenvalue weighted by Gasteiger charge is 2.14. The van der Waals surface area contributed by atoms with Gasteiger partial charge < -0.3 is 4.74 Å². The van der Waals surface area contributed by atoms with Crippen LogP contribution in [0.25, 0.3) is 0 Å². The summed E-state index contributed by atoms with van der Waals surface area (Å²) >= 11 is 0. The first-order chi connectivity index (χ1) is 9.51. The number of sulfonamides is 1. The Bertz CT molecular complexity index is 667. The summed E-state index contributed by atoms with van der Waals surface area (Å²) < 4.78 is 31.8. The highest BCUT2D eigenvalue weighted by atomic mass is 32.2. The lowest BCUT2D eigenvalue weighted by Gasteiger charge is -2.08. The van der Waals surface area contributed by atoms with Crippen LogP contribution in [0, 0.1) is 6.92 Å². The number of anilines is 1. The molecule has 0 saturated carbocycles. The van der Waals surface area contributed by atoms with Gasteiger partial charge in [0.25, 0.3) is 10.0 Å². The number of ether oxygens (including phenoxy) is 1. The molecular formula is C13H15N3O3S. The highest BCUT2D eigenvalue weighted by Crippen LogP contribution is 2.16. The fourth-order valence-corrected chi connectivity index (χ4v) is 2.53. The van der Waals surface area contributed by atoms with Gasteiger partial charge in [-0.1, -0.05) is 17.7 Å². The van der Waals surface area contributed by atoms with Gasteiger partial charge in [0.1, 0.15) is 0 Å². The molecule has 0 saturated heterocycles. The molecule has 0 fully saturated rings. The van der Waals surface area contributed by atoms with Crippen molar-refractivity contribution in [3.63, 3.8) is 0 Å². The van der Waals surface area contributed by atoms with E-state index in [1.165, 1.54) is 12.4 Å². The lowest BCUT2D eigenvalue weighted by atomic mass is 10.2. The molecule has 1 heterocycles. The summed E-state index contributed by atoms with van der Waals surface area (Å²) in [4.78, 5) is 7.99. The molecule has 106 valence electrons. The van der Waals surface area contributed by atoms with Gasteiger partial charge in [-0.05, 0) is 26.0 Å². The van der Waals surface area contributed by atoms with Crippen LogP contribution in [0.5, 0.6) is 6.01 Å². The Labute approximate surface area is 117 Å². The second-order valence-electron chi connectivity index (χ2n) is 4.11. The average Bonchev–Trinajstić information content (AvgIpc) is 2.41. The van der Waals surface area contributed by atoms with E-state index >= 15 is 0 Å². The maximum absolute atomic E-state index is 12.1. The van der Waals surface area contributed by atoms with E-state index in [-0.39, 0.29) is 16.6 Å². The molecule has 7 heteroatoms. The maximum Gasteiger partial charge on any atom is 0.316 e. The van der Waals surface area contributed by atoms with Gasteiger partial charge in [-0.3, -0.25) is 4.72 Å². The third kappa shape index (κ3) is 3.45. The van der Waals surface area contributed by atoms with Crippen LogP contribution >= 0.6 is 0 Å². The van der Waals surface area contributed by atoms with Crippen molar-refractivity contribution in [1.29, 1.82) is 0 Å². The first-order valence-electron chi connectivity index (χ1n) is 6.05. The number of aromatic nitrogens is 2. The Morgan fingerprint density at radius 1 is 1.15 bits per heavy atom. The summed E-state index contributed by atoms with van der Waals surface area (Å²) in [5, 5.41) is 0. The number of nitrogens with one attached hydrogen (secondary N) is 1. The summed E-state index contributed by atoms with van der Waals surface area (Å²) in [7, 11) is -3.63. The SMILES string of the molecule is CCOc1ncc(NS(=O)(=O)c2ccc(C)cc2)cn1. The van der Waals surface area contributed by atoms with Gasteiger partial charge in [0.2, 0.25) is 0 Å². The van der Waals surface area contributed by atoms with Crippen LogP contribution in [-0.2, 0) is 10.0 Å². The van der Waals surface area contributed by atoms with Gasteiger partial charge in [-0.15, -0.1) is 0 Å². The van der Waals surface area contributed by atoms with E-state index in [2.05, 4.69) is 14.7 Å². The van der Waals surface area contributed by atoms with Crippen molar-refractivity contribution in [2.45, 2.75) is 18.7 Å². The molecule has 1 aromatic heterocycles. The predicted octanol–water partition coefficient (Wildman–Crippen LogP) is 1.98. The first-order valence-corrected chi connectivity index (χ1v) is 7.54. The molecule has 20 heavy (non-hydrogen) atoms. The van der Waals surface area contributed by atoms with Crippen molar-refractivity contribution < 1.29 is 13.2 Å². The van der Waals surface area contributed by atoms with Gasteiger partial charge >= 0.3 is 6.01 Å². The van der Waals surface area contributed by atoms with E-state index in [1.807, 2.05) is 13.8 Å². The van der Waals surface area contributed by atoms with Crippen LogP contribution in [0.1, 0.15) is 12.5 Å². The van der Waals surface area contributed by atoms with Crippen molar-refractivity contribution in [2.75, 3.05) is 11.3 Å². The molecular weight excluding hydrogens is 278 g/mol. The zero-order valence-electron chi connectivity index (χ0n) is 11.2. The molecule has 1 aromatic carbocycles. The largest absolute Gasteiger partial charge is 0.464 e. The Balaban J connectivity index is 2.17. The van der Waals surface area contributed by atoms with Crippen molar-refractivity contribution >= 4 is 15.7 Å². The maximum atomic E-state index is 12.1. The zero-order chi connectivity index (χ0) is 14.6. The molecule has 0 aliphatic rings. The van der Waals surface area contributed by atoms with Crippen molar-refractivity contribution in [3.05, 3.63) is 42.2 Å². The van der Waals surface area contributed by atoms with Gasteiger partial charge in [0.05, 0.1) is 29.6 Å². The second kappa shape index (κ2) is 5.87. The topological polar surface area (TPSA) is 81.2 Å². The average molecular weight is 293 g/mol. The van der Waals surface area contributed by atoms with Crippen LogP contribution in [-0.4, -0.2) is 25.0 Å². The standard InChI is InChI=1S/C13H15N3O3S/c1-3-19-13-14-8-11(9-15-13)16-20(17,18)12-6-4-10(2)5-7-12/h4-9,16H,3H2,1-2H3. The third-order valence-electron chi connectivity index (χ3n) is 2.49. The third-order valence-corrected chi connectivity index (χ3v) is 3.88. The Morgan fingerprint density at radius 2 is 1.75 bits per heavy atom. The summed E-state index contributed by atoms with van der Waals surface area (Å²) in [6.45, 7) is 4.16. The van der Waals surface area contributed by atoms with E-state index in [0.717, 1.165) is 5.56 Å². The van der Waals surface area contributed by atoms with E-state index < -0.39 is 10.0 Å². The molecule has 0 spiro atoms. The zero-order valence-corrected chi connectivity index (χ0v) is 12.0. The smallest absolute Gasteiger partial charge is 0.316 e. The number of nitrogens with zero attached hydrogens (tertiary/aromatic N) is 2. The van der Waals surface area contributed by atoms with E-state index in [0.29, 0.717) is 6.61 Å². The molecule has 0 aliphatic carbocycles. The minimum Gasteiger partial charge on any atom is -0.464 e. The van der Waals surface area contributed by atoms with Crippen molar-refractivity contribution in [2.24, 2.45) is 0 Å². The van der Waals surface area contributed by atoms with Gasteiger partial charge in [-0.25, -0.2) is 18.4 Å². The van der Waals surface area contributed by atoms with Crippen LogP contribution in [0.4, 0.5) is 5.69 Å². The summed E-state index contributed by atoms with van der Waals surface area (Å²) in [6.07, 6.45) is 2.73. The molecule has 0 amide bonds. The Morgan fingerprint density at radius 3 is 2.30 bits per heavy atom. The normalized spacial score (nSPS) is 11.1. The van der Waals surface area contributed by atoms with Crippen molar-refractivity contribution in [3.8, 4) is 6.01 Å². The molecule has 0 unspecified atom stereocenters. The van der Waals surface area contributed by atoms with Gasteiger partial charge in [0.15, 0.2) is 0 Å². The van der Waals surface area contributed by atoms with Crippen LogP contribution in [0.2, 0.25) is 0 Å². The monoisotopic (exact) mass is 293 g/mol. The quantitative estimate of drug-likeness (QED) is 0.911. The molecule has 2 rings (SSSR count). The van der Waals surface area contributed by atoms with Crippen molar-refractivity contribution in [1.82, 2.24) is 9.97 Å². The van der Waals surface area contributed by atoms with Gasteiger partial charge in [0, 0.05) is 0 Å². The molecule has 6 nitrogen and oxygen atoms in total. The van der Waals surface area contributed by atoms with E-state index in [4.69, 9.17) is 4.74 Å². The van der Waals surface area contributed by atoms with Crippen LogP contribution < -0.4 is 9.46 Å². The minimum atomic E-state index is -3.63. The highest BCUT2D eigenvalue weighted by molar-refractivity contribution is 7.92. The molecule has 1 N–H and O–H groups in total. The summed E-state index contributed by atoms with van der Waals surface area (Å²) in [5.41, 5.74) is 1.28. The number of benzene rings is 1. The summed E-state index contributed by atoms with van der Waals surface area (Å²) in [6, 6.07) is 6.79. The number of hydrogen-bond donors (Lipinski definition) is 1. The lowest BCUT2D eigenvalue weighted by molar-refractivity contribution is 0.312. The minimum absolute atomic E-state index is 0.192. The molecule has 0 atom stereocenters. The fourth-order valence-electron chi connectivity index (χ4n) is 1.50. The second-order valence-corrected chi connectivity index (χ2v) is 5.79. The molecule has 0 aliphatic heterocycles. The molecule has 0 radical (unpaired) electrons. The number of aryl methyl sites for hydroxylation is 1. The van der Waals surface area contributed by atoms with E-state index in [1.54, 1.807) is 24.3 Å². The molecule has 0 bridgehead atoms. The lowest BCUT2D eigenvalue weighted by Crippen LogP contribution is -2.13. The van der Waals surface area contributed by atoms with Crippen LogP contribution in [0.15, 0.2) is 41.6 Å². The van der Waals surface area contributed by atoms with Crippen LogP contribution in [0.3, 0.4) is 0 Å². The van der Waals surface area contributed by atoms with Gasteiger partial charge in [-0.2, -0.15) is 0 Å². The van der Waals surface area contributed by atoms with E-state index in [9.17, 15) is 8.42 Å². The predicted molar refractivity (Wildman–Crippen MR) is 75.2 cm³/mol.